The minimum atomic E-state index is -3.79. The molecule has 8 heteroatoms. The first-order chi connectivity index (χ1) is 8.82. The number of carboxylic acids is 1. The van der Waals surface area contributed by atoms with Crippen LogP contribution < -0.4 is 0 Å². The molecule has 0 aromatic rings. The molecule has 2 fully saturated rings. The van der Waals surface area contributed by atoms with E-state index in [-0.39, 0.29) is 13.0 Å². The van der Waals surface area contributed by atoms with Crippen LogP contribution in [0.5, 0.6) is 0 Å². The van der Waals surface area contributed by atoms with Gasteiger partial charge in [0.15, 0.2) is 0 Å². The first kappa shape index (κ1) is 14.7. The van der Waals surface area contributed by atoms with E-state index < -0.39 is 28.3 Å². The van der Waals surface area contributed by atoms with E-state index >= 15 is 0 Å². The highest BCUT2D eigenvalue weighted by Crippen LogP contribution is 2.27. The molecule has 0 spiro atoms. The first-order valence-corrected chi connectivity index (χ1v) is 7.90. The van der Waals surface area contributed by atoms with Gasteiger partial charge in [0.25, 0.3) is 10.2 Å². The normalized spacial score (nSPS) is 31.7. The zero-order valence-electron chi connectivity index (χ0n) is 10.9. The lowest BCUT2D eigenvalue weighted by Crippen LogP contribution is -2.50. The van der Waals surface area contributed by atoms with Crippen molar-refractivity contribution in [2.75, 3.05) is 19.6 Å². The number of carbonyl (C=O) groups is 1. The number of rotatable bonds is 3. The average Bonchev–Trinajstić information content (AvgIpc) is 2.73. The van der Waals surface area contributed by atoms with Crippen LogP contribution in [0.25, 0.3) is 0 Å². The second-order valence-electron chi connectivity index (χ2n) is 5.40. The molecule has 0 aromatic heterocycles. The monoisotopic (exact) mass is 292 g/mol. The van der Waals surface area contributed by atoms with Crippen LogP contribution in [0.3, 0.4) is 0 Å². The first-order valence-electron chi connectivity index (χ1n) is 6.50. The minimum absolute atomic E-state index is 0.0429. The number of carboxylic acid groups (broad SMARTS) is 1. The lowest BCUT2D eigenvalue weighted by Gasteiger charge is -2.33. The maximum atomic E-state index is 12.4. The molecule has 0 bridgehead atoms. The van der Waals surface area contributed by atoms with Crippen LogP contribution in [0.15, 0.2) is 0 Å². The van der Waals surface area contributed by atoms with Crippen molar-refractivity contribution < 1.29 is 23.4 Å². The van der Waals surface area contributed by atoms with Gasteiger partial charge >= 0.3 is 5.97 Å². The van der Waals surface area contributed by atoms with Gasteiger partial charge < -0.3 is 10.2 Å². The van der Waals surface area contributed by atoms with Gasteiger partial charge in [0.05, 0.1) is 6.10 Å². The predicted octanol–water partition coefficient (Wildman–Crippen LogP) is -0.517. The molecule has 2 N–H and O–H groups in total. The third-order valence-corrected chi connectivity index (χ3v) is 5.90. The van der Waals surface area contributed by atoms with Crippen molar-refractivity contribution in [3.63, 3.8) is 0 Å². The van der Waals surface area contributed by atoms with Gasteiger partial charge in [0.1, 0.15) is 6.04 Å². The third-order valence-electron chi connectivity index (χ3n) is 3.88. The van der Waals surface area contributed by atoms with Crippen LogP contribution in [0.2, 0.25) is 0 Å². The number of hydrogen-bond acceptors (Lipinski definition) is 4. The van der Waals surface area contributed by atoms with Crippen molar-refractivity contribution in [3.05, 3.63) is 0 Å². The molecule has 2 saturated heterocycles. The predicted molar refractivity (Wildman–Crippen MR) is 67.6 cm³/mol. The molecule has 7 nitrogen and oxygen atoms in total. The van der Waals surface area contributed by atoms with E-state index in [0.29, 0.717) is 19.0 Å². The van der Waals surface area contributed by atoms with Gasteiger partial charge in [-0.1, -0.05) is 6.92 Å². The number of piperidine rings is 1. The Bertz CT molecular complexity index is 444. The summed E-state index contributed by atoms with van der Waals surface area (Å²) in [5, 5.41) is 18.6. The van der Waals surface area contributed by atoms with Gasteiger partial charge in [-0.2, -0.15) is 17.0 Å². The summed E-state index contributed by atoms with van der Waals surface area (Å²) in [4.78, 5) is 11.1. The van der Waals surface area contributed by atoms with Crippen molar-refractivity contribution in [2.45, 2.75) is 38.3 Å². The van der Waals surface area contributed by atoms with Crippen molar-refractivity contribution in [1.29, 1.82) is 0 Å². The molecule has 19 heavy (non-hydrogen) atoms. The van der Waals surface area contributed by atoms with E-state index in [1.54, 1.807) is 0 Å². The van der Waals surface area contributed by atoms with E-state index in [0.717, 1.165) is 17.1 Å². The number of aliphatic hydroxyl groups excluding tert-OH is 1. The van der Waals surface area contributed by atoms with E-state index in [1.165, 1.54) is 4.31 Å². The number of hydrogen-bond donors (Lipinski definition) is 2. The molecule has 0 unspecified atom stereocenters. The Morgan fingerprint density at radius 2 is 1.84 bits per heavy atom. The van der Waals surface area contributed by atoms with Gasteiger partial charge in [-0.15, -0.1) is 0 Å². The Labute approximate surface area is 113 Å². The second-order valence-corrected chi connectivity index (χ2v) is 7.28. The van der Waals surface area contributed by atoms with Crippen LogP contribution in [0, 0.1) is 5.92 Å². The fourth-order valence-electron chi connectivity index (χ4n) is 2.63. The molecule has 110 valence electrons. The Morgan fingerprint density at radius 1 is 1.26 bits per heavy atom. The quantitative estimate of drug-likeness (QED) is 0.729. The summed E-state index contributed by atoms with van der Waals surface area (Å²) in [6, 6.07) is -1.15. The van der Waals surface area contributed by atoms with Crippen LogP contribution in [0.1, 0.15) is 26.2 Å². The van der Waals surface area contributed by atoms with Crippen molar-refractivity contribution in [2.24, 2.45) is 5.92 Å². The minimum Gasteiger partial charge on any atom is -0.480 e. The molecule has 2 atom stereocenters. The third kappa shape index (κ3) is 2.91. The van der Waals surface area contributed by atoms with Crippen LogP contribution in [0.4, 0.5) is 0 Å². The lowest BCUT2D eigenvalue weighted by atomic mass is 10.0. The van der Waals surface area contributed by atoms with Gasteiger partial charge in [-0.3, -0.25) is 4.79 Å². The number of β-amino-alcohol motifs (C(OH)–C–C–N with tert-alkyl or cyclic N) is 1. The van der Waals surface area contributed by atoms with Crippen molar-refractivity contribution in [3.8, 4) is 0 Å². The fraction of sp³-hybridized carbons (Fsp3) is 0.909. The summed E-state index contributed by atoms with van der Waals surface area (Å²) in [5.74, 6) is -0.712. The lowest BCUT2D eigenvalue weighted by molar-refractivity contribution is -0.140. The Kier molecular flexibility index (Phi) is 4.14. The van der Waals surface area contributed by atoms with Gasteiger partial charge in [-0.25, -0.2) is 0 Å². The maximum absolute atomic E-state index is 12.4. The fourth-order valence-corrected chi connectivity index (χ4v) is 4.45. The standard InChI is InChI=1S/C11H20N2O5S/c1-8-2-4-12(5-3-8)19(17,18)13-7-9(14)6-10(13)11(15)16/h8-10,14H,2-7H2,1H3,(H,15,16)/t9-,10-/m1/s1. The molecule has 0 saturated carbocycles. The second kappa shape index (κ2) is 5.35. The highest BCUT2D eigenvalue weighted by Gasteiger charge is 2.45. The molecule has 0 aliphatic carbocycles. The summed E-state index contributed by atoms with van der Waals surface area (Å²) in [6.45, 7) is 2.78. The summed E-state index contributed by atoms with van der Waals surface area (Å²) in [5.41, 5.74) is 0. The van der Waals surface area contributed by atoms with E-state index in [2.05, 4.69) is 6.92 Å². The SMILES string of the molecule is CC1CCN(S(=O)(=O)N2C[C@H](O)C[C@@H]2C(=O)O)CC1. The highest BCUT2D eigenvalue weighted by molar-refractivity contribution is 7.86. The van der Waals surface area contributed by atoms with Crippen molar-refractivity contribution in [1.82, 2.24) is 8.61 Å². The molecule has 0 amide bonds. The maximum Gasteiger partial charge on any atom is 0.322 e. The largest absolute Gasteiger partial charge is 0.480 e. The van der Waals surface area contributed by atoms with Crippen LogP contribution >= 0.6 is 0 Å². The molecular formula is C11H20N2O5S. The highest BCUT2D eigenvalue weighted by atomic mass is 32.2. The van der Waals surface area contributed by atoms with E-state index in [4.69, 9.17) is 5.11 Å². The summed E-state index contributed by atoms with van der Waals surface area (Å²) in [7, 11) is -3.79. The van der Waals surface area contributed by atoms with Gasteiger partial charge in [0.2, 0.25) is 0 Å². The summed E-state index contributed by atoms with van der Waals surface area (Å²) in [6.07, 6.45) is 0.624. The zero-order chi connectivity index (χ0) is 14.2. The topological polar surface area (TPSA) is 98.2 Å². The number of aliphatic hydroxyl groups is 1. The molecule has 2 aliphatic heterocycles. The Hall–Kier alpha value is -0.700. The molecule has 2 heterocycles. The van der Waals surface area contributed by atoms with Gasteiger partial charge in [0, 0.05) is 26.1 Å². The van der Waals surface area contributed by atoms with Crippen molar-refractivity contribution >= 4 is 16.2 Å². The smallest absolute Gasteiger partial charge is 0.322 e. The zero-order valence-corrected chi connectivity index (χ0v) is 11.7. The average molecular weight is 292 g/mol. The molecule has 2 rings (SSSR count). The van der Waals surface area contributed by atoms with E-state index in [9.17, 15) is 18.3 Å². The van der Waals surface area contributed by atoms with Crippen LogP contribution in [-0.4, -0.2) is 65.0 Å². The summed E-state index contributed by atoms with van der Waals surface area (Å²) >= 11 is 0. The number of aliphatic carboxylic acids is 1. The molecule has 0 aromatic carbocycles. The Balaban J connectivity index is 2.16. The Morgan fingerprint density at radius 3 is 2.37 bits per heavy atom. The van der Waals surface area contributed by atoms with E-state index in [1.807, 2.05) is 0 Å². The van der Waals surface area contributed by atoms with Crippen LogP contribution in [-0.2, 0) is 15.0 Å². The molecular weight excluding hydrogens is 272 g/mol. The molecule has 2 aliphatic rings. The molecule has 0 radical (unpaired) electrons. The number of nitrogens with zero attached hydrogens (tertiary/aromatic N) is 2. The van der Waals surface area contributed by atoms with Gasteiger partial charge in [-0.05, 0) is 18.8 Å². The summed E-state index contributed by atoms with van der Waals surface area (Å²) < 4.78 is 27.1.